The molecule has 0 aliphatic rings. The van der Waals surface area contributed by atoms with Crippen LogP contribution in [0.3, 0.4) is 0 Å². The van der Waals surface area contributed by atoms with Gasteiger partial charge >= 0.3 is 5.69 Å². The summed E-state index contributed by atoms with van der Waals surface area (Å²) in [4.78, 5) is 18.1. The molecule has 0 atom stereocenters. The first kappa shape index (κ1) is 13.5. The molecule has 1 aromatic carbocycles. The molecule has 2 rings (SSSR count). The van der Waals surface area contributed by atoms with Gasteiger partial charge in [0, 0.05) is 0 Å². The van der Waals surface area contributed by atoms with Crippen molar-refractivity contribution < 1.29 is 14.4 Å². The van der Waals surface area contributed by atoms with Crippen molar-refractivity contribution in [3.63, 3.8) is 0 Å². The summed E-state index contributed by atoms with van der Waals surface area (Å²) in [5.74, 6) is 0.717. The maximum absolute atomic E-state index is 11.1. The van der Waals surface area contributed by atoms with Gasteiger partial charge in [0.05, 0.1) is 24.7 Å². The molecule has 0 aliphatic carbocycles. The van der Waals surface area contributed by atoms with E-state index in [0.717, 1.165) is 6.20 Å². The molecule has 0 spiro atoms. The molecule has 0 unspecified atom stereocenters. The van der Waals surface area contributed by atoms with Gasteiger partial charge < -0.3 is 15.2 Å². The van der Waals surface area contributed by atoms with Crippen molar-refractivity contribution >= 4 is 11.6 Å². The second-order valence-electron chi connectivity index (χ2n) is 3.76. The fourth-order valence-electron chi connectivity index (χ4n) is 1.79. The molecule has 8 heteroatoms. The molecular weight excluding hydrogens is 264 g/mol. The van der Waals surface area contributed by atoms with E-state index in [9.17, 15) is 10.1 Å². The lowest BCUT2D eigenvalue weighted by Crippen LogP contribution is -2.03. The summed E-state index contributed by atoms with van der Waals surface area (Å²) in [5.41, 5.74) is 5.66. The molecule has 0 saturated carbocycles. The largest absolute Gasteiger partial charge is 0.496 e. The third-order valence-electron chi connectivity index (χ3n) is 2.65. The number of nitrogens with two attached hydrogens (primary N) is 1. The van der Waals surface area contributed by atoms with E-state index >= 15 is 0 Å². The van der Waals surface area contributed by atoms with Crippen LogP contribution in [0.15, 0.2) is 24.4 Å². The Morgan fingerprint density at radius 3 is 2.35 bits per heavy atom. The first-order valence-corrected chi connectivity index (χ1v) is 5.56. The average molecular weight is 276 g/mol. The maximum atomic E-state index is 11.1. The van der Waals surface area contributed by atoms with Crippen molar-refractivity contribution in [2.24, 2.45) is 0 Å². The number of hydrogen-bond acceptors (Lipinski definition) is 7. The molecule has 0 radical (unpaired) electrons. The third kappa shape index (κ3) is 2.30. The Hall–Kier alpha value is -2.90. The Labute approximate surface area is 114 Å². The van der Waals surface area contributed by atoms with Gasteiger partial charge in [-0.3, -0.25) is 10.1 Å². The number of methoxy groups -OCH3 is 2. The highest BCUT2D eigenvalue weighted by atomic mass is 16.6. The highest BCUT2D eigenvalue weighted by Gasteiger charge is 2.24. The fourth-order valence-corrected chi connectivity index (χ4v) is 1.79. The molecule has 0 amide bonds. The smallest absolute Gasteiger partial charge is 0.314 e. The monoisotopic (exact) mass is 276 g/mol. The van der Waals surface area contributed by atoms with Gasteiger partial charge in [0.15, 0.2) is 5.69 Å². The summed E-state index contributed by atoms with van der Waals surface area (Å²) >= 11 is 0. The van der Waals surface area contributed by atoms with Crippen LogP contribution in [0.1, 0.15) is 0 Å². The third-order valence-corrected chi connectivity index (χ3v) is 2.65. The van der Waals surface area contributed by atoms with Crippen LogP contribution in [0.4, 0.5) is 11.6 Å². The zero-order valence-corrected chi connectivity index (χ0v) is 10.9. The molecule has 2 aromatic rings. The number of aromatic nitrogens is 2. The van der Waals surface area contributed by atoms with Gasteiger partial charge in [0.1, 0.15) is 17.7 Å². The lowest BCUT2D eigenvalue weighted by atomic mass is 10.1. The summed E-state index contributed by atoms with van der Waals surface area (Å²) in [5, 5.41) is 11.1. The molecular formula is C12H12N4O4. The van der Waals surface area contributed by atoms with Gasteiger partial charge in [-0.1, -0.05) is 6.07 Å². The van der Waals surface area contributed by atoms with E-state index in [1.54, 1.807) is 18.2 Å². The molecule has 20 heavy (non-hydrogen) atoms. The Kier molecular flexibility index (Phi) is 3.65. The number of hydrogen-bond donors (Lipinski definition) is 1. The molecule has 0 saturated heterocycles. The summed E-state index contributed by atoms with van der Waals surface area (Å²) < 4.78 is 10.4. The van der Waals surface area contributed by atoms with E-state index in [1.807, 2.05) is 0 Å². The van der Waals surface area contributed by atoms with Crippen molar-refractivity contribution in [2.75, 3.05) is 20.0 Å². The highest BCUT2D eigenvalue weighted by Crippen LogP contribution is 2.41. The van der Waals surface area contributed by atoms with E-state index in [0.29, 0.717) is 17.1 Å². The SMILES string of the molecule is COc1cccc(OC)c1-c1nc(N)ncc1[N+](=O)[O-]. The molecule has 0 bridgehead atoms. The van der Waals surface area contributed by atoms with Gasteiger partial charge in [0.25, 0.3) is 0 Å². The summed E-state index contributed by atoms with van der Waals surface area (Å²) in [6, 6.07) is 5.01. The van der Waals surface area contributed by atoms with Crippen molar-refractivity contribution in [1.82, 2.24) is 9.97 Å². The van der Waals surface area contributed by atoms with Crippen molar-refractivity contribution in [3.8, 4) is 22.8 Å². The minimum Gasteiger partial charge on any atom is -0.496 e. The lowest BCUT2D eigenvalue weighted by molar-refractivity contribution is -0.384. The van der Waals surface area contributed by atoms with E-state index in [1.165, 1.54) is 14.2 Å². The second kappa shape index (κ2) is 5.39. The van der Waals surface area contributed by atoms with Crippen molar-refractivity contribution in [2.45, 2.75) is 0 Å². The van der Waals surface area contributed by atoms with Gasteiger partial charge in [-0.05, 0) is 12.1 Å². The highest BCUT2D eigenvalue weighted by molar-refractivity contribution is 5.80. The zero-order valence-electron chi connectivity index (χ0n) is 10.9. The van der Waals surface area contributed by atoms with Crippen LogP contribution in [0.5, 0.6) is 11.5 Å². The van der Waals surface area contributed by atoms with Crippen LogP contribution < -0.4 is 15.2 Å². The number of rotatable bonds is 4. The Bertz CT molecular complexity index is 638. The van der Waals surface area contributed by atoms with Crippen molar-refractivity contribution in [1.29, 1.82) is 0 Å². The molecule has 104 valence electrons. The summed E-state index contributed by atoms with van der Waals surface area (Å²) in [6.07, 6.45) is 1.06. The molecule has 1 aromatic heterocycles. The number of benzene rings is 1. The quantitative estimate of drug-likeness (QED) is 0.667. The average Bonchev–Trinajstić information content (AvgIpc) is 2.45. The Morgan fingerprint density at radius 1 is 1.25 bits per heavy atom. The minimum atomic E-state index is -0.583. The van der Waals surface area contributed by atoms with Crippen LogP contribution in [0.25, 0.3) is 11.3 Å². The lowest BCUT2D eigenvalue weighted by Gasteiger charge is -2.12. The minimum absolute atomic E-state index is 0.0526. The number of nitrogen functional groups attached to an aromatic ring is 1. The fraction of sp³-hybridized carbons (Fsp3) is 0.167. The molecule has 0 fully saturated rings. The normalized spacial score (nSPS) is 10.1. The molecule has 0 aliphatic heterocycles. The predicted molar refractivity (Wildman–Crippen MR) is 71.6 cm³/mol. The van der Waals surface area contributed by atoms with Crippen molar-refractivity contribution in [3.05, 3.63) is 34.5 Å². The zero-order chi connectivity index (χ0) is 14.7. The van der Waals surface area contributed by atoms with E-state index in [2.05, 4.69) is 9.97 Å². The van der Waals surface area contributed by atoms with Crippen LogP contribution in [-0.2, 0) is 0 Å². The molecule has 8 nitrogen and oxygen atoms in total. The van der Waals surface area contributed by atoms with Crippen LogP contribution in [0, 0.1) is 10.1 Å². The Morgan fingerprint density at radius 2 is 1.85 bits per heavy atom. The van der Waals surface area contributed by atoms with Gasteiger partial charge in [-0.2, -0.15) is 0 Å². The van der Waals surface area contributed by atoms with E-state index in [4.69, 9.17) is 15.2 Å². The standard InChI is InChI=1S/C12H12N4O4/c1-19-8-4-3-5-9(20-2)10(8)11-7(16(17)18)6-14-12(13)15-11/h3-6H,1-2H3,(H2,13,14,15). The van der Waals surface area contributed by atoms with E-state index in [-0.39, 0.29) is 17.3 Å². The summed E-state index contributed by atoms with van der Waals surface area (Å²) in [7, 11) is 2.91. The van der Waals surface area contributed by atoms with Crippen LogP contribution in [-0.4, -0.2) is 29.1 Å². The van der Waals surface area contributed by atoms with E-state index < -0.39 is 4.92 Å². The number of nitro groups is 1. The number of anilines is 1. The van der Waals surface area contributed by atoms with Crippen LogP contribution in [0.2, 0.25) is 0 Å². The van der Waals surface area contributed by atoms with Gasteiger partial charge in [-0.25, -0.2) is 9.97 Å². The molecule has 1 heterocycles. The predicted octanol–water partition coefficient (Wildman–Crippen LogP) is 1.65. The second-order valence-corrected chi connectivity index (χ2v) is 3.76. The first-order valence-electron chi connectivity index (χ1n) is 5.56. The topological polar surface area (TPSA) is 113 Å². The first-order chi connectivity index (χ1) is 9.58. The van der Waals surface area contributed by atoms with Gasteiger partial charge in [-0.15, -0.1) is 0 Å². The van der Waals surface area contributed by atoms with Crippen LogP contribution >= 0.6 is 0 Å². The number of ether oxygens (including phenoxy) is 2. The summed E-state index contributed by atoms with van der Waals surface area (Å²) in [6.45, 7) is 0. The maximum Gasteiger partial charge on any atom is 0.314 e. The molecule has 2 N–H and O–H groups in total. The van der Waals surface area contributed by atoms with Gasteiger partial charge in [0.2, 0.25) is 5.95 Å². The Balaban J connectivity index is 2.79. The number of nitrogens with zero attached hydrogens (tertiary/aromatic N) is 3.